The topological polar surface area (TPSA) is 26.0 Å². The summed E-state index contributed by atoms with van der Waals surface area (Å²) >= 11 is 10.9. The van der Waals surface area contributed by atoms with E-state index in [9.17, 15) is 0 Å². The van der Waals surface area contributed by atoms with E-state index in [1.54, 1.807) is 0 Å². The summed E-state index contributed by atoms with van der Waals surface area (Å²) in [6.45, 7) is 2.06. The summed E-state index contributed by atoms with van der Waals surface area (Å²) in [4.78, 5) is 1.09. The largest absolute Gasteiger partial charge is 0.320 e. The highest BCUT2D eigenvalue weighted by molar-refractivity contribution is 9.10. The molecule has 1 aromatic heterocycles. The molecule has 2 N–H and O–H groups in total. The third-order valence-corrected chi connectivity index (χ3v) is 4.10. The first-order valence-electron chi connectivity index (χ1n) is 4.84. The molecule has 0 aliphatic carbocycles. The fourth-order valence-corrected chi connectivity index (χ4v) is 3.32. The van der Waals surface area contributed by atoms with Crippen LogP contribution in [0.3, 0.4) is 0 Å². The van der Waals surface area contributed by atoms with Gasteiger partial charge in [-0.1, -0.05) is 33.6 Å². The molecule has 16 heavy (non-hydrogen) atoms. The van der Waals surface area contributed by atoms with Gasteiger partial charge in [0.1, 0.15) is 0 Å². The van der Waals surface area contributed by atoms with Crippen molar-refractivity contribution in [3.05, 3.63) is 55.1 Å². The number of hydrogen-bond acceptors (Lipinski definition) is 2. The highest BCUT2D eigenvalue weighted by atomic mass is 79.9. The molecule has 0 aliphatic heterocycles. The highest BCUT2D eigenvalue weighted by Gasteiger charge is 2.12. The molecule has 4 heteroatoms. The molecule has 0 saturated carbocycles. The minimum Gasteiger partial charge on any atom is -0.320 e. The maximum atomic E-state index is 6.20. The molecule has 0 radical (unpaired) electrons. The van der Waals surface area contributed by atoms with Gasteiger partial charge in [-0.05, 0) is 42.3 Å². The van der Waals surface area contributed by atoms with E-state index >= 15 is 0 Å². The zero-order chi connectivity index (χ0) is 11.7. The first-order chi connectivity index (χ1) is 7.56. The van der Waals surface area contributed by atoms with E-state index < -0.39 is 0 Å². The summed E-state index contributed by atoms with van der Waals surface area (Å²) in [5, 5.41) is 0. The molecule has 0 amide bonds. The second-order valence-corrected chi connectivity index (χ2v) is 6.34. The van der Waals surface area contributed by atoms with Gasteiger partial charge in [-0.3, -0.25) is 0 Å². The molecule has 2 rings (SSSR count). The molecule has 0 spiro atoms. The molecule has 1 unspecified atom stereocenters. The standard InChI is InChI=1S/C12H11BrClNS/c1-7-4-8(6-9(13)5-7)12(15)10-2-3-11(14)16-10/h2-6,12H,15H2,1H3. The van der Waals surface area contributed by atoms with Gasteiger partial charge in [0.15, 0.2) is 0 Å². The first-order valence-corrected chi connectivity index (χ1v) is 6.83. The molecule has 84 valence electrons. The summed E-state index contributed by atoms with van der Waals surface area (Å²) in [5.41, 5.74) is 8.50. The Bertz CT molecular complexity index is 489. The monoisotopic (exact) mass is 315 g/mol. The molecule has 0 fully saturated rings. The molecule has 2 aromatic rings. The summed E-state index contributed by atoms with van der Waals surface area (Å²) in [5.74, 6) is 0. The van der Waals surface area contributed by atoms with Crippen molar-refractivity contribution in [1.82, 2.24) is 0 Å². The van der Waals surface area contributed by atoms with Crippen LogP contribution in [-0.4, -0.2) is 0 Å². The van der Waals surface area contributed by atoms with E-state index in [0.717, 1.165) is 19.2 Å². The van der Waals surface area contributed by atoms with Crippen LogP contribution < -0.4 is 5.73 Å². The Labute approximate surface area is 112 Å². The fourth-order valence-electron chi connectivity index (χ4n) is 1.60. The van der Waals surface area contributed by atoms with E-state index in [1.165, 1.54) is 16.9 Å². The SMILES string of the molecule is Cc1cc(Br)cc(C(N)c2ccc(Cl)s2)c1. The summed E-state index contributed by atoms with van der Waals surface area (Å²) < 4.78 is 1.83. The van der Waals surface area contributed by atoms with Gasteiger partial charge in [-0.2, -0.15) is 0 Å². The van der Waals surface area contributed by atoms with Gasteiger partial charge in [0, 0.05) is 9.35 Å². The van der Waals surface area contributed by atoms with Crippen LogP contribution in [0.2, 0.25) is 4.34 Å². The minimum atomic E-state index is -0.103. The molecular weight excluding hydrogens is 306 g/mol. The van der Waals surface area contributed by atoms with Crippen molar-refractivity contribution in [3.63, 3.8) is 0 Å². The Morgan fingerprint density at radius 2 is 2.06 bits per heavy atom. The van der Waals surface area contributed by atoms with Crippen LogP contribution in [0.5, 0.6) is 0 Å². The average Bonchev–Trinajstić information content (AvgIpc) is 2.62. The van der Waals surface area contributed by atoms with Crippen LogP contribution in [0, 0.1) is 6.92 Å². The third kappa shape index (κ3) is 2.66. The quantitative estimate of drug-likeness (QED) is 0.866. The lowest BCUT2D eigenvalue weighted by Crippen LogP contribution is -2.10. The van der Waals surface area contributed by atoms with Crippen molar-refractivity contribution in [3.8, 4) is 0 Å². The summed E-state index contributed by atoms with van der Waals surface area (Å²) in [6.07, 6.45) is 0. The van der Waals surface area contributed by atoms with Crippen LogP contribution >= 0.6 is 38.9 Å². The molecule has 1 nitrogen and oxygen atoms in total. The molecule has 1 atom stereocenters. The Morgan fingerprint density at radius 1 is 1.31 bits per heavy atom. The second kappa shape index (κ2) is 4.88. The maximum Gasteiger partial charge on any atom is 0.0931 e. The Hall–Kier alpha value is -0.350. The summed E-state index contributed by atoms with van der Waals surface area (Å²) in [7, 11) is 0. The molecule has 0 saturated heterocycles. The van der Waals surface area contributed by atoms with Gasteiger partial charge in [-0.15, -0.1) is 11.3 Å². The van der Waals surface area contributed by atoms with Gasteiger partial charge in [0.05, 0.1) is 10.4 Å². The number of halogens is 2. The van der Waals surface area contributed by atoms with E-state index in [4.69, 9.17) is 17.3 Å². The lowest BCUT2D eigenvalue weighted by Gasteiger charge is -2.11. The number of aryl methyl sites for hydroxylation is 1. The third-order valence-electron chi connectivity index (χ3n) is 2.32. The van der Waals surface area contributed by atoms with E-state index in [0.29, 0.717) is 0 Å². The normalized spacial score (nSPS) is 12.8. The number of thiophene rings is 1. The van der Waals surface area contributed by atoms with Gasteiger partial charge in [0.2, 0.25) is 0 Å². The molecular formula is C12H11BrClNS. The molecule has 0 bridgehead atoms. The van der Waals surface area contributed by atoms with Gasteiger partial charge in [-0.25, -0.2) is 0 Å². The second-order valence-electron chi connectivity index (χ2n) is 3.68. The Morgan fingerprint density at radius 3 is 2.62 bits per heavy atom. The van der Waals surface area contributed by atoms with Crippen molar-refractivity contribution >= 4 is 38.9 Å². The van der Waals surface area contributed by atoms with Gasteiger partial charge >= 0.3 is 0 Å². The van der Waals surface area contributed by atoms with E-state index in [-0.39, 0.29) is 6.04 Å². The minimum absolute atomic E-state index is 0.103. The lowest BCUT2D eigenvalue weighted by atomic mass is 10.0. The van der Waals surface area contributed by atoms with Crippen molar-refractivity contribution in [2.24, 2.45) is 5.73 Å². The Balaban J connectivity index is 2.37. The number of hydrogen-bond donors (Lipinski definition) is 1. The zero-order valence-electron chi connectivity index (χ0n) is 8.71. The number of benzene rings is 1. The Kier molecular flexibility index (Phi) is 3.70. The average molecular weight is 317 g/mol. The smallest absolute Gasteiger partial charge is 0.0931 e. The first kappa shape index (κ1) is 12.1. The van der Waals surface area contributed by atoms with E-state index in [2.05, 4.69) is 35.0 Å². The predicted molar refractivity (Wildman–Crippen MR) is 74.2 cm³/mol. The fraction of sp³-hybridized carbons (Fsp3) is 0.167. The maximum absolute atomic E-state index is 6.20. The summed E-state index contributed by atoms with van der Waals surface area (Å²) in [6, 6.07) is 9.97. The van der Waals surface area contributed by atoms with Crippen LogP contribution in [-0.2, 0) is 0 Å². The van der Waals surface area contributed by atoms with Crippen molar-refractivity contribution in [2.75, 3.05) is 0 Å². The van der Waals surface area contributed by atoms with Crippen molar-refractivity contribution in [2.45, 2.75) is 13.0 Å². The van der Waals surface area contributed by atoms with Crippen LogP contribution in [0.4, 0.5) is 0 Å². The van der Waals surface area contributed by atoms with Gasteiger partial charge < -0.3 is 5.73 Å². The van der Waals surface area contributed by atoms with Crippen molar-refractivity contribution in [1.29, 1.82) is 0 Å². The zero-order valence-corrected chi connectivity index (χ0v) is 11.9. The van der Waals surface area contributed by atoms with Gasteiger partial charge in [0.25, 0.3) is 0 Å². The van der Waals surface area contributed by atoms with Crippen LogP contribution in [0.25, 0.3) is 0 Å². The van der Waals surface area contributed by atoms with Crippen LogP contribution in [0.1, 0.15) is 22.0 Å². The van der Waals surface area contributed by atoms with Crippen LogP contribution in [0.15, 0.2) is 34.8 Å². The molecule has 0 aliphatic rings. The van der Waals surface area contributed by atoms with Crippen molar-refractivity contribution < 1.29 is 0 Å². The number of rotatable bonds is 2. The molecule has 1 heterocycles. The van der Waals surface area contributed by atoms with E-state index in [1.807, 2.05) is 18.2 Å². The predicted octanol–water partition coefficient (Wildman–Crippen LogP) is 4.52. The number of nitrogens with two attached hydrogens (primary N) is 1. The molecule has 1 aromatic carbocycles. The lowest BCUT2D eigenvalue weighted by molar-refractivity contribution is 0.890. The highest BCUT2D eigenvalue weighted by Crippen LogP contribution is 2.30.